The minimum Gasteiger partial charge on any atom is -0.356 e. The molecule has 0 rings (SSSR count). The number of nitrogens with one attached hydrogen (secondary N) is 1. The molecule has 0 aliphatic carbocycles. The van der Waals surface area contributed by atoms with Gasteiger partial charge in [0.1, 0.15) is 6.29 Å². The van der Waals surface area contributed by atoms with E-state index in [4.69, 9.17) is 0 Å². The average Bonchev–Trinajstić information content (AvgIpc) is 2.13. The summed E-state index contributed by atoms with van der Waals surface area (Å²) >= 11 is 0. The third kappa shape index (κ3) is 9.05. The molecule has 0 bridgehead atoms. The Bertz CT molecular complexity index is 146. The highest BCUT2D eigenvalue weighted by molar-refractivity contribution is 5.76. The molecule has 1 amide bonds. The molecule has 0 aromatic heterocycles. The lowest BCUT2D eigenvalue weighted by molar-refractivity contribution is -0.121. The molecule has 0 heterocycles. The minimum absolute atomic E-state index is 0.0675. The Balaban J connectivity index is 3.15. The molecule has 0 aromatic carbocycles. The molecule has 0 fully saturated rings. The van der Waals surface area contributed by atoms with Crippen molar-refractivity contribution in [2.75, 3.05) is 6.54 Å². The van der Waals surface area contributed by atoms with Crippen LogP contribution in [0.25, 0.3) is 0 Å². The van der Waals surface area contributed by atoms with Crippen molar-refractivity contribution in [2.45, 2.75) is 45.4 Å². The molecule has 0 unspecified atom stereocenters. The molecule has 3 nitrogen and oxygen atoms in total. The summed E-state index contributed by atoms with van der Waals surface area (Å²) in [5.41, 5.74) is 0. The second kappa shape index (κ2) is 9.23. The predicted octanol–water partition coefficient (Wildman–Crippen LogP) is 1.66. The molecule has 0 atom stereocenters. The Morgan fingerprint density at radius 2 is 2.08 bits per heavy atom. The van der Waals surface area contributed by atoms with E-state index in [1.54, 1.807) is 0 Å². The second-order valence-electron chi connectivity index (χ2n) is 3.12. The van der Waals surface area contributed by atoms with Gasteiger partial charge in [-0.1, -0.05) is 26.2 Å². The first-order valence-electron chi connectivity index (χ1n) is 5.01. The predicted molar refractivity (Wildman–Crippen MR) is 52.4 cm³/mol. The van der Waals surface area contributed by atoms with Gasteiger partial charge in [-0.25, -0.2) is 0 Å². The molecule has 76 valence electrons. The SMILES string of the molecule is CCCCCCC(=O)NCCC=O. The van der Waals surface area contributed by atoms with Gasteiger partial charge >= 0.3 is 0 Å². The summed E-state index contributed by atoms with van der Waals surface area (Å²) < 4.78 is 0. The van der Waals surface area contributed by atoms with Crippen molar-refractivity contribution < 1.29 is 9.59 Å². The van der Waals surface area contributed by atoms with Crippen LogP contribution in [0.15, 0.2) is 0 Å². The highest BCUT2D eigenvalue weighted by Crippen LogP contribution is 2.01. The van der Waals surface area contributed by atoms with Crippen molar-refractivity contribution in [3.05, 3.63) is 0 Å². The fourth-order valence-electron chi connectivity index (χ4n) is 1.07. The van der Waals surface area contributed by atoms with Gasteiger partial charge in [-0.3, -0.25) is 4.79 Å². The van der Waals surface area contributed by atoms with E-state index in [-0.39, 0.29) is 5.91 Å². The molecule has 1 N–H and O–H groups in total. The summed E-state index contributed by atoms with van der Waals surface area (Å²) in [6.07, 6.45) is 6.30. The third-order valence-electron chi connectivity index (χ3n) is 1.84. The molecule has 0 aromatic rings. The van der Waals surface area contributed by atoms with Crippen molar-refractivity contribution in [1.29, 1.82) is 0 Å². The summed E-state index contributed by atoms with van der Waals surface area (Å²) in [4.78, 5) is 21.0. The normalized spacial score (nSPS) is 9.62. The van der Waals surface area contributed by atoms with Gasteiger partial charge in [-0.2, -0.15) is 0 Å². The van der Waals surface area contributed by atoms with Crippen LogP contribution < -0.4 is 5.32 Å². The van der Waals surface area contributed by atoms with Crippen LogP contribution in [0.3, 0.4) is 0 Å². The maximum absolute atomic E-state index is 11.1. The molecule has 0 radical (unpaired) electrons. The van der Waals surface area contributed by atoms with Crippen LogP contribution in [-0.2, 0) is 9.59 Å². The van der Waals surface area contributed by atoms with Crippen LogP contribution in [0.2, 0.25) is 0 Å². The molecule has 3 heteroatoms. The van der Waals surface area contributed by atoms with Crippen LogP contribution >= 0.6 is 0 Å². The fraction of sp³-hybridized carbons (Fsp3) is 0.800. The van der Waals surface area contributed by atoms with E-state index < -0.39 is 0 Å². The molecule has 0 aliphatic rings. The number of rotatable bonds is 8. The maximum atomic E-state index is 11.1. The Hall–Kier alpha value is -0.860. The standard InChI is InChI=1S/C10H19NO2/c1-2-3-4-5-7-10(13)11-8-6-9-12/h9H,2-8H2,1H3,(H,11,13). The summed E-state index contributed by atoms with van der Waals surface area (Å²) in [7, 11) is 0. The quantitative estimate of drug-likeness (QED) is 0.462. The fourth-order valence-corrected chi connectivity index (χ4v) is 1.07. The summed E-state index contributed by atoms with van der Waals surface area (Å²) in [5, 5.41) is 2.69. The Labute approximate surface area is 79.9 Å². The van der Waals surface area contributed by atoms with E-state index in [9.17, 15) is 9.59 Å². The van der Waals surface area contributed by atoms with Crippen LogP contribution in [-0.4, -0.2) is 18.7 Å². The minimum atomic E-state index is 0.0675. The van der Waals surface area contributed by atoms with E-state index in [1.165, 1.54) is 12.8 Å². The Morgan fingerprint density at radius 3 is 2.69 bits per heavy atom. The number of unbranched alkanes of at least 4 members (excludes halogenated alkanes) is 3. The number of carbonyl (C=O) groups excluding carboxylic acids is 2. The summed E-state index contributed by atoms with van der Waals surface area (Å²) in [5.74, 6) is 0.0675. The van der Waals surface area contributed by atoms with E-state index in [2.05, 4.69) is 12.2 Å². The van der Waals surface area contributed by atoms with Gasteiger partial charge in [0, 0.05) is 19.4 Å². The molecule has 0 aliphatic heterocycles. The van der Waals surface area contributed by atoms with Gasteiger partial charge in [0.25, 0.3) is 0 Å². The molecule has 13 heavy (non-hydrogen) atoms. The van der Waals surface area contributed by atoms with Gasteiger partial charge in [-0.05, 0) is 6.42 Å². The second-order valence-corrected chi connectivity index (χ2v) is 3.12. The summed E-state index contributed by atoms with van der Waals surface area (Å²) in [6, 6.07) is 0. The third-order valence-corrected chi connectivity index (χ3v) is 1.84. The topological polar surface area (TPSA) is 46.2 Å². The van der Waals surface area contributed by atoms with Crippen LogP contribution in [0.1, 0.15) is 45.4 Å². The van der Waals surface area contributed by atoms with Gasteiger partial charge < -0.3 is 10.1 Å². The maximum Gasteiger partial charge on any atom is 0.220 e. The van der Waals surface area contributed by atoms with Gasteiger partial charge in [0.2, 0.25) is 5.91 Å². The molecular weight excluding hydrogens is 166 g/mol. The largest absolute Gasteiger partial charge is 0.356 e. The lowest BCUT2D eigenvalue weighted by Crippen LogP contribution is -2.24. The number of carbonyl (C=O) groups is 2. The first-order chi connectivity index (χ1) is 6.31. The van der Waals surface area contributed by atoms with E-state index in [0.717, 1.165) is 19.1 Å². The Morgan fingerprint density at radius 1 is 1.31 bits per heavy atom. The molecular formula is C10H19NO2. The van der Waals surface area contributed by atoms with E-state index in [1.807, 2.05) is 0 Å². The average molecular weight is 185 g/mol. The van der Waals surface area contributed by atoms with Crippen molar-refractivity contribution >= 4 is 12.2 Å². The number of hydrogen-bond donors (Lipinski definition) is 1. The molecule has 0 spiro atoms. The van der Waals surface area contributed by atoms with Crippen LogP contribution in [0.5, 0.6) is 0 Å². The molecule has 0 saturated heterocycles. The lowest BCUT2D eigenvalue weighted by atomic mass is 10.1. The van der Waals surface area contributed by atoms with Crippen molar-refractivity contribution in [3.8, 4) is 0 Å². The van der Waals surface area contributed by atoms with Crippen LogP contribution in [0.4, 0.5) is 0 Å². The first kappa shape index (κ1) is 12.1. The molecule has 0 saturated carbocycles. The number of amides is 1. The smallest absolute Gasteiger partial charge is 0.220 e. The van der Waals surface area contributed by atoms with Crippen molar-refractivity contribution in [1.82, 2.24) is 5.32 Å². The van der Waals surface area contributed by atoms with E-state index in [0.29, 0.717) is 19.4 Å². The zero-order chi connectivity index (χ0) is 9.94. The first-order valence-corrected chi connectivity index (χ1v) is 5.01. The van der Waals surface area contributed by atoms with Crippen LogP contribution in [0, 0.1) is 0 Å². The van der Waals surface area contributed by atoms with Crippen molar-refractivity contribution in [2.24, 2.45) is 0 Å². The highest BCUT2D eigenvalue weighted by atomic mass is 16.1. The Kier molecular flexibility index (Phi) is 8.62. The zero-order valence-corrected chi connectivity index (χ0v) is 8.34. The number of hydrogen-bond acceptors (Lipinski definition) is 2. The van der Waals surface area contributed by atoms with Crippen molar-refractivity contribution in [3.63, 3.8) is 0 Å². The number of aldehydes is 1. The van der Waals surface area contributed by atoms with Gasteiger partial charge in [-0.15, -0.1) is 0 Å². The lowest BCUT2D eigenvalue weighted by Gasteiger charge is -2.01. The monoisotopic (exact) mass is 185 g/mol. The van der Waals surface area contributed by atoms with E-state index >= 15 is 0 Å². The van der Waals surface area contributed by atoms with Gasteiger partial charge in [0.15, 0.2) is 0 Å². The summed E-state index contributed by atoms with van der Waals surface area (Å²) in [6.45, 7) is 2.63. The van der Waals surface area contributed by atoms with Gasteiger partial charge in [0.05, 0.1) is 0 Å². The zero-order valence-electron chi connectivity index (χ0n) is 8.34. The highest BCUT2D eigenvalue weighted by Gasteiger charge is 1.98.